The molecular formula is C23H27N5O4. The van der Waals surface area contributed by atoms with Crippen LogP contribution >= 0.6 is 0 Å². The highest BCUT2D eigenvalue weighted by Gasteiger charge is 2.34. The number of carbonyl (C=O) groups is 3. The summed E-state index contributed by atoms with van der Waals surface area (Å²) in [5.41, 5.74) is 1.73. The molecule has 0 aromatic heterocycles. The van der Waals surface area contributed by atoms with Crippen LogP contribution in [0.5, 0.6) is 5.75 Å². The molecule has 168 valence electrons. The summed E-state index contributed by atoms with van der Waals surface area (Å²) in [4.78, 5) is 45.6. The molecule has 2 aromatic rings. The number of amides is 4. The molecule has 1 N–H and O–H groups in total. The minimum Gasteiger partial charge on any atom is -0.497 e. The fraction of sp³-hybridized carbons (Fsp3) is 0.348. The van der Waals surface area contributed by atoms with Crippen LogP contribution in [-0.4, -0.2) is 81.1 Å². The predicted octanol–water partition coefficient (Wildman–Crippen LogP) is 1.85. The number of likely N-dealkylation sites (N-methyl/N-ethyl adjacent to an activating group) is 1. The van der Waals surface area contributed by atoms with Crippen molar-refractivity contribution in [2.45, 2.75) is 0 Å². The number of urea groups is 1. The number of piperazine rings is 1. The van der Waals surface area contributed by atoms with Crippen LogP contribution in [0.4, 0.5) is 21.9 Å². The lowest BCUT2D eigenvalue weighted by atomic mass is 10.1. The van der Waals surface area contributed by atoms with E-state index in [1.165, 1.54) is 9.80 Å². The summed E-state index contributed by atoms with van der Waals surface area (Å²) < 4.78 is 5.14. The van der Waals surface area contributed by atoms with Crippen molar-refractivity contribution in [1.82, 2.24) is 9.80 Å². The van der Waals surface area contributed by atoms with E-state index in [0.29, 0.717) is 35.9 Å². The molecule has 32 heavy (non-hydrogen) atoms. The van der Waals surface area contributed by atoms with Gasteiger partial charge in [0.2, 0.25) is 11.8 Å². The number of nitrogens with one attached hydrogen (secondary N) is 1. The zero-order valence-electron chi connectivity index (χ0n) is 18.3. The maximum atomic E-state index is 13.0. The van der Waals surface area contributed by atoms with Crippen molar-refractivity contribution in [3.8, 4) is 5.75 Å². The zero-order valence-corrected chi connectivity index (χ0v) is 18.3. The molecule has 0 radical (unpaired) electrons. The number of methoxy groups -OCH3 is 1. The van der Waals surface area contributed by atoms with E-state index in [4.69, 9.17) is 4.74 Å². The first-order valence-electron chi connectivity index (χ1n) is 10.5. The first-order chi connectivity index (χ1) is 15.5. The topological polar surface area (TPSA) is 85.4 Å². The van der Waals surface area contributed by atoms with E-state index in [-0.39, 0.29) is 24.9 Å². The molecular weight excluding hydrogens is 410 g/mol. The SMILES string of the molecule is COc1ccc(NC(=O)N2CC(=O)N(CC(=O)N3CCN(C)CC3)c3ccccc32)cc1. The second-order valence-corrected chi connectivity index (χ2v) is 7.90. The molecule has 9 heteroatoms. The summed E-state index contributed by atoms with van der Waals surface area (Å²) in [5, 5.41) is 2.82. The second kappa shape index (κ2) is 9.27. The zero-order chi connectivity index (χ0) is 22.7. The van der Waals surface area contributed by atoms with Gasteiger partial charge in [0.15, 0.2) is 0 Å². The number of benzene rings is 2. The van der Waals surface area contributed by atoms with Gasteiger partial charge in [-0.1, -0.05) is 12.1 Å². The number of hydrogen-bond acceptors (Lipinski definition) is 5. The Hall–Kier alpha value is -3.59. The van der Waals surface area contributed by atoms with Crippen LogP contribution in [0.1, 0.15) is 0 Å². The molecule has 2 aliphatic heterocycles. The first-order valence-corrected chi connectivity index (χ1v) is 10.5. The van der Waals surface area contributed by atoms with Crippen molar-refractivity contribution < 1.29 is 19.1 Å². The van der Waals surface area contributed by atoms with Crippen molar-refractivity contribution in [3.05, 3.63) is 48.5 Å². The molecule has 0 atom stereocenters. The Morgan fingerprint density at radius 1 is 0.969 bits per heavy atom. The summed E-state index contributed by atoms with van der Waals surface area (Å²) in [5.74, 6) is 0.301. The van der Waals surface area contributed by atoms with Gasteiger partial charge < -0.3 is 19.9 Å². The minimum absolute atomic E-state index is 0.0342. The monoisotopic (exact) mass is 437 g/mol. The van der Waals surface area contributed by atoms with E-state index in [1.54, 1.807) is 54.5 Å². The molecule has 2 aromatic carbocycles. The molecule has 0 unspecified atom stereocenters. The van der Waals surface area contributed by atoms with Gasteiger partial charge in [0.25, 0.3) is 0 Å². The van der Waals surface area contributed by atoms with Gasteiger partial charge in [-0.25, -0.2) is 4.79 Å². The highest BCUT2D eigenvalue weighted by molar-refractivity contribution is 6.15. The van der Waals surface area contributed by atoms with Gasteiger partial charge in [-0.15, -0.1) is 0 Å². The Bertz CT molecular complexity index is 1000. The number of hydrogen-bond donors (Lipinski definition) is 1. The largest absolute Gasteiger partial charge is 0.497 e. The number of fused-ring (bicyclic) bond motifs is 1. The van der Waals surface area contributed by atoms with Crippen LogP contribution in [0.25, 0.3) is 0 Å². The van der Waals surface area contributed by atoms with Crippen LogP contribution in [0.15, 0.2) is 48.5 Å². The van der Waals surface area contributed by atoms with E-state index in [1.807, 2.05) is 13.1 Å². The smallest absolute Gasteiger partial charge is 0.326 e. The van der Waals surface area contributed by atoms with Gasteiger partial charge in [0, 0.05) is 31.9 Å². The fourth-order valence-corrected chi connectivity index (χ4v) is 3.87. The number of ether oxygens (including phenoxy) is 1. The number of nitrogens with zero attached hydrogens (tertiary/aromatic N) is 4. The molecule has 4 amide bonds. The molecule has 2 heterocycles. The molecule has 0 spiro atoms. The van der Waals surface area contributed by atoms with Crippen molar-refractivity contribution in [2.24, 2.45) is 0 Å². The molecule has 9 nitrogen and oxygen atoms in total. The number of carbonyl (C=O) groups excluding carboxylic acids is 3. The Balaban J connectivity index is 1.50. The van der Waals surface area contributed by atoms with Gasteiger partial charge in [0.05, 0.1) is 18.5 Å². The van der Waals surface area contributed by atoms with Crippen LogP contribution in [-0.2, 0) is 9.59 Å². The molecule has 0 bridgehead atoms. The Kier molecular flexibility index (Phi) is 6.27. The Morgan fingerprint density at radius 3 is 2.28 bits per heavy atom. The first kappa shape index (κ1) is 21.6. The maximum Gasteiger partial charge on any atom is 0.326 e. The van der Waals surface area contributed by atoms with E-state index in [9.17, 15) is 14.4 Å². The van der Waals surface area contributed by atoms with Gasteiger partial charge in [-0.05, 0) is 43.4 Å². The molecule has 4 rings (SSSR count). The van der Waals surface area contributed by atoms with Crippen molar-refractivity contribution in [1.29, 1.82) is 0 Å². The lowest BCUT2D eigenvalue weighted by Gasteiger charge is -2.38. The van der Waals surface area contributed by atoms with E-state index < -0.39 is 6.03 Å². The molecule has 0 saturated carbocycles. The van der Waals surface area contributed by atoms with Gasteiger partial charge >= 0.3 is 6.03 Å². The quantitative estimate of drug-likeness (QED) is 0.789. The summed E-state index contributed by atoms with van der Waals surface area (Å²) in [6, 6.07) is 13.7. The second-order valence-electron chi connectivity index (χ2n) is 7.90. The minimum atomic E-state index is -0.416. The summed E-state index contributed by atoms with van der Waals surface area (Å²) >= 11 is 0. The fourth-order valence-electron chi connectivity index (χ4n) is 3.87. The molecule has 2 aliphatic rings. The highest BCUT2D eigenvalue weighted by Crippen LogP contribution is 2.34. The van der Waals surface area contributed by atoms with Crippen LogP contribution in [0.3, 0.4) is 0 Å². The number of anilines is 3. The van der Waals surface area contributed by atoms with Crippen LogP contribution in [0.2, 0.25) is 0 Å². The van der Waals surface area contributed by atoms with E-state index in [2.05, 4.69) is 10.2 Å². The highest BCUT2D eigenvalue weighted by atomic mass is 16.5. The Labute approximate surface area is 187 Å². The summed E-state index contributed by atoms with van der Waals surface area (Å²) in [7, 11) is 3.60. The summed E-state index contributed by atoms with van der Waals surface area (Å²) in [6.45, 7) is 2.75. The van der Waals surface area contributed by atoms with Crippen molar-refractivity contribution >= 4 is 34.9 Å². The van der Waals surface area contributed by atoms with Gasteiger partial charge in [0.1, 0.15) is 18.8 Å². The van der Waals surface area contributed by atoms with Crippen LogP contribution < -0.4 is 19.9 Å². The third-order valence-corrected chi connectivity index (χ3v) is 5.79. The normalized spacial score (nSPS) is 16.6. The van der Waals surface area contributed by atoms with Crippen molar-refractivity contribution in [2.75, 3.05) is 68.5 Å². The standard InChI is InChI=1S/C23H27N5O4/c1-25-11-13-26(14-12-25)21(29)15-27-19-5-3-4-6-20(19)28(16-22(27)30)23(31)24-17-7-9-18(32-2)10-8-17/h3-10H,11-16H2,1-2H3,(H,24,31). The average molecular weight is 438 g/mol. The average Bonchev–Trinajstić information content (AvgIpc) is 2.81. The third kappa shape index (κ3) is 4.52. The third-order valence-electron chi connectivity index (χ3n) is 5.79. The lowest BCUT2D eigenvalue weighted by molar-refractivity contribution is -0.132. The lowest BCUT2D eigenvalue weighted by Crippen LogP contribution is -2.54. The predicted molar refractivity (Wildman–Crippen MR) is 122 cm³/mol. The molecule has 1 fully saturated rings. The van der Waals surface area contributed by atoms with Gasteiger partial charge in [-0.2, -0.15) is 0 Å². The molecule has 1 saturated heterocycles. The van der Waals surface area contributed by atoms with E-state index in [0.717, 1.165) is 13.1 Å². The summed E-state index contributed by atoms with van der Waals surface area (Å²) in [6.07, 6.45) is 0. The molecule has 0 aliphatic carbocycles. The van der Waals surface area contributed by atoms with E-state index >= 15 is 0 Å². The van der Waals surface area contributed by atoms with Gasteiger partial charge in [-0.3, -0.25) is 19.4 Å². The maximum absolute atomic E-state index is 13.0. The number of para-hydroxylation sites is 2. The number of rotatable bonds is 4. The van der Waals surface area contributed by atoms with Crippen molar-refractivity contribution in [3.63, 3.8) is 0 Å². The Morgan fingerprint density at radius 2 is 1.62 bits per heavy atom. The van der Waals surface area contributed by atoms with Crippen LogP contribution in [0, 0.1) is 0 Å².